The van der Waals surface area contributed by atoms with Crippen molar-refractivity contribution >= 4 is 11.6 Å². The lowest BCUT2D eigenvalue weighted by atomic mass is 9.71. The van der Waals surface area contributed by atoms with Gasteiger partial charge in [-0.2, -0.15) is 0 Å². The maximum atomic E-state index is 13.0. The maximum Gasteiger partial charge on any atom is 0.183 e. The molecule has 0 amide bonds. The lowest BCUT2D eigenvalue weighted by molar-refractivity contribution is -0.120. The van der Waals surface area contributed by atoms with Crippen LogP contribution in [0.15, 0.2) is 23.2 Å². The monoisotopic (exact) mass is 346 g/mol. The molecule has 7 heteroatoms. The third-order valence-electron chi connectivity index (χ3n) is 4.79. The Morgan fingerprint density at radius 1 is 1.28 bits per heavy atom. The molecule has 25 heavy (non-hydrogen) atoms. The molecule has 132 valence electrons. The van der Waals surface area contributed by atoms with Crippen molar-refractivity contribution in [1.82, 2.24) is 0 Å². The number of allylic oxidation sites excluding steroid dienone is 2. The van der Waals surface area contributed by atoms with Crippen LogP contribution >= 0.6 is 0 Å². The quantitative estimate of drug-likeness (QED) is 0.719. The van der Waals surface area contributed by atoms with Gasteiger partial charge in [-0.25, -0.2) is 0 Å². The number of phenols is 2. The van der Waals surface area contributed by atoms with Crippen LogP contribution in [0.3, 0.4) is 0 Å². The Kier molecular flexibility index (Phi) is 3.65. The molecule has 3 N–H and O–H groups in total. The molecule has 0 fully saturated rings. The highest BCUT2D eigenvalue weighted by molar-refractivity contribution is 6.11. The number of hydrogen-bond donors (Lipinski definition) is 3. The summed E-state index contributed by atoms with van der Waals surface area (Å²) in [5, 5.41) is 30.9. The lowest BCUT2D eigenvalue weighted by Crippen LogP contribution is -2.38. The fourth-order valence-electron chi connectivity index (χ4n) is 3.37. The van der Waals surface area contributed by atoms with Crippen LogP contribution in [-0.2, 0) is 14.9 Å². The van der Waals surface area contributed by atoms with Crippen molar-refractivity contribution in [2.75, 3.05) is 13.7 Å². The standard InChI is InChI=1S/C18H18O7/c1-7-14(21)12(8(2)19)16-13(15(7)22)18(3)11(25-16)5-10(20)9(6-24-4)17(18)23/h5,20-22H,6H2,1-4H3/t18-/m0/s1. The molecule has 0 saturated carbocycles. The molecule has 1 aromatic carbocycles. The molecule has 0 bridgehead atoms. The van der Waals surface area contributed by atoms with E-state index in [1.807, 2.05) is 0 Å². The molecule has 1 heterocycles. The number of rotatable bonds is 3. The molecular formula is C18H18O7. The molecular weight excluding hydrogens is 328 g/mol. The minimum atomic E-state index is -1.43. The number of carbonyl (C=O) groups excluding carboxylic acids is 2. The first kappa shape index (κ1) is 17.0. The number of phenolic OH excluding ortho intramolecular Hbond substituents is 2. The summed E-state index contributed by atoms with van der Waals surface area (Å²) in [5.74, 6) is -1.98. The predicted molar refractivity (Wildman–Crippen MR) is 87.1 cm³/mol. The van der Waals surface area contributed by atoms with E-state index in [9.17, 15) is 24.9 Å². The fourth-order valence-corrected chi connectivity index (χ4v) is 3.37. The van der Waals surface area contributed by atoms with Crippen LogP contribution in [0.5, 0.6) is 17.2 Å². The van der Waals surface area contributed by atoms with Gasteiger partial charge in [0.1, 0.15) is 39.7 Å². The number of ketones is 2. The van der Waals surface area contributed by atoms with Crippen LogP contribution in [0.1, 0.15) is 35.3 Å². The summed E-state index contributed by atoms with van der Waals surface area (Å²) >= 11 is 0. The molecule has 0 saturated heterocycles. The van der Waals surface area contributed by atoms with Crippen molar-refractivity contribution in [3.8, 4) is 17.2 Å². The molecule has 1 aliphatic heterocycles. The summed E-state index contributed by atoms with van der Waals surface area (Å²) in [7, 11) is 1.39. The Morgan fingerprint density at radius 2 is 1.92 bits per heavy atom. The van der Waals surface area contributed by atoms with Crippen molar-refractivity contribution in [1.29, 1.82) is 0 Å². The largest absolute Gasteiger partial charge is 0.507 e. The SMILES string of the molecule is COCC1=C(O)C=C2Oc3c(C(C)=O)c(O)c(C)c(O)c3[C@@]2(C)C1=O. The van der Waals surface area contributed by atoms with Gasteiger partial charge < -0.3 is 24.8 Å². The van der Waals surface area contributed by atoms with Gasteiger partial charge in [0.15, 0.2) is 11.6 Å². The normalized spacial score (nSPS) is 21.6. The number of aliphatic hydroxyl groups excluding tert-OH is 1. The molecule has 1 atom stereocenters. The molecule has 1 aliphatic carbocycles. The minimum absolute atomic E-state index is 0.0414. The van der Waals surface area contributed by atoms with Crippen molar-refractivity contribution in [2.45, 2.75) is 26.2 Å². The summed E-state index contributed by atoms with van der Waals surface area (Å²) in [4.78, 5) is 25.1. The molecule has 3 rings (SSSR count). The Labute approximate surface area is 143 Å². The topological polar surface area (TPSA) is 113 Å². The number of Topliss-reactive ketones (excluding diaryl/α,β-unsaturated/α-hetero) is 2. The average molecular weight is 346 g/mol. The van der Waals surface area contributed by atoms with E-state index in [-0.39, 0.29) is 51.9 Å². The summed E-state index contributed by atoms with van der Waals surface area (Å²) < 4.78 is 10.6. The number of hydrogen-bond acceptors (Lipinski definition) is 7. The number of benzene rings is 1. The molecule has 0 unspecified atom stereocenters. The number of fused-ring (bicyclic) bond motifs is 3. The van der Waals surface area contributed by atoms with Gasteiger partial charge in [0.05, 0.1) is 17.7 Å². The van der Waals surface area contributed by atoms with Crippen LogP contribution in [0.2, 0.25) is 0 Å². The van der Waals surface area contributed by atoms with Crippen LogP contribution in [0, 0.1) is 6.92 Å². The Balaban J connectivity index is 2.36. The molecule has 2 aliphatic rings. The van der Waals surface area contributed by atoms with Crippen molar-refractivity contribution in [3.63, 3.8) is 0 Å². The van der Waals surface area contributed by atoms with Gasteiger partial charge in [-0.3, -0.25) is 9.59 Å². The summed E-state index contributed by atoms with van der Waals surface area (Å²) in [6.45, 7) is 4.12. The second-order valence-corrected chi connectivity index (χ2v) is 6.32. The minimum Gasteiger partial charge on any atom is -0.507 e. The zero-order valence-electron chi connectivity index (χ0n) is 14.3. The number of aromatic hydroxyl groups is 2. The molecule has 0 aromatic heterocycles. The van der Waals surface area contributed by atoms with Crippen molar-refractivity contribution in [2.24, 2.45) is 0 Å². The van der Waals surface area contributed by atoms with Gasteiger partial charge in [0.2, 0.25) is 0 Å². The highest BCUT2D eigenvalue weighted by atomic mass is 16.5. The molecule has 0 radical (unpaired) electrons. The highest BCUT2D eigenvalue weighted by Crippen LogP contribution is 2.57. The average Bonchev–Trinajstić information content (AvgIpc) is 2.83. The number of aliphatic hydroxyl groups is 1. The van der Waals surface area contributed by atoms with E-state index in [2.05, 4.69) is 0 Å². The number of methoxy groups -OCH3 is 1. The van der Waals surface area contributed by atoms with Gasteiger partial charge in [0, 0.05) is 18.7 Å². The van der Waals surface area contributed by atoms with E-state index in [0.29, 0.717) is 0 Å². The summed E-state index contributed by atoms with van der Waals surface area (Å²) in [6.07, 6.45) is 1.27. The van der Waals surface area contributed by atoms with Gasteiger partial charge in [0.25, 0.3) is 0 Å². The summed E-state index contributed by atoms with van der Waals surface area (Å²) in [5.41, 5.74) is -1.32. The second kappa shape index (κ2) is 5.35. The first-order chi connectivity index (χ1) is 11.7. The van der Waals surface area contributed by atoms with E-state index in [1.165, 1.54) is 34.0 Å². The van der Waals surface area contributed by atoms with E-state index in [4.69, 9.17) is 9.47 Å². The van der Waals surface area contributed by atoms with Crippen molar-refractivity contribution < 1.29 is 34.4 Å². The Bertz CT molecular complexity index is 891. The lowest BCUT2D eigenvalue weighted by Gasteiger charge is -2.28. The summed E-state index contributed by atoms with van der Waals surface area (Å²) in [6, 6.07) is 0. The van der Waals surface area contributed by atoms with Gasteiger partial charge >= 0.3 is 0 Å². The molecule has 0 spiro atoms. The van der Waals surface area contributed by atoms with E-state index in [1.54, 1.807) is 0 Å². The zero-order valence-corrected chi connectivity index (χ0v) is 14.3. The third-order valence-corrected chi connectivity index (χ3v) is 4.79. The number of carbonyl (C=O) groups is 2. The predicted octanol–water partition coefficient (Wildman–Crippen LogP) is 2.18. The van der Waals surface area contributed by atoms with E-state index >= 15 is 0 Å². The smallest absolute Gasteiger partial charge is 0.183 e. The highest BCUT2D eigenvalue weighted by Gasteiger charge is 2.54. The maximum absolute atomic E-state index is 13.0. The Morgan fingerprint density at radius 3 is 2.48 bits per heavy atom. The third kappa shape index (κ3) is 2.02. The van der Waals surface area contributed by atoms with E-state index < -0.39 is 22.7 Å². The number of ether oxygens (including phenoxy) is 2. The van der Waals surface area contributed by atoms with Crippen LogP contribution in [0.4, 0.5) is 0 Å². The van der Waals surface area contributed by atoms with Crippen molar-refractivity contribution in [3.05, 3.63) is 39.9 Å². The van der Waals surface area contributed by atoms with Gasteiger partial charge in [-0.1, -0.05) is 0 Å². The van der Waals surface area contributed by atoms with Crippen LogP contribution in [0.25, 0.3) is 0 Å². The van der Waals surface area contributed by atoms with Gasteiger partial charge in [-0.15, -0.1) is 0 Å². The second-order valence-electron chi connectivity index (χ2n) is 6.32. The molecule has 1 aromatic rings. The zero-order chi connectivity index (χ0) is 18.7. The van der Waals surface area contributed by atoms with Gasteiger partial charge in [-0.05, 0) is 20.8 Å². The first-order valence-corrected chi connectivity index (χ1v) is 7.62. The van der Waals surface area contributed by atoms with Crippen LogP contribution < -0.4 is 4.74 Å². The molecule has 7 nitrogen and oxygen atoms in total. The first-order valence-electron chi connectivity index (χ1n) is 7.62. The van der Waals surface area contributed by atoms with Crippen LogP contribution in [-0.4, -0.2) is 40.6 Å². The fraction of sp³-hybridized carbons (Fsp3) is 0.333. The van der Waals surface area contributed by atoms with E-state index in [0.717, 1.165) is 0 Å². The Hall–Kier alpha value is -2.80.